The van der Waals surface area contributed by atoms with Crippen LogP contribution in [0.15, 0.2) is 24.3 Å². The molecule has 0 aliphatic rings. The number of aliphatic carboxylic acids is 1. The van der Waals surface area contributed by atoms with Gasteiger partial charge in [-0.3, -0.25) is 9.59 Å². The number of aromatic hydroxyl groups is 1. The first-order valence-corrected chi connectivity index (χ1v) is 6.19. The molecule has 0 spiro atoms. The summed E-state index contributed by atoms with van der Waals surface area (Å²) in [5.74, 6) is -3.38. The van der Waals surface area contributed by atoms with E-state index in [1.165, 1.54) is 24.3 Å². The van der Waals surface area contributed by atoms with Crippen molar-refractivity contribution in [1.29, 1.82) is 0 Å². The molecule has 119 valence electrons. The largest absolute Gasteiger partial charge is 0.508 e. The molecular weight excluding hydrogens is 296 g/mol. The predicted octanol–water partition coefficient (Wildman–Crippen LogP) is -1.46. The number of nitrogens with one attached hydrogen (secondary N) is 2. The summed E-state index contributed by atoms with van der Waals surface area (Å²) in [6, 6.07) is 2.32. The summed E-state index contributed by atoms with van der Waals surface area (Å²) in [5, 5.41) is 41.6. The zero-order chi connectivity index (χ0) is 16.7. The van der Waals surface area contributed by atoms with Crippen molar-refractivity contribution >= 4 is 17.8 Å². The number of amides is 2. The van der Waals surface area contributed by atoms with E-state index in [0.717, 1.165) is 0 Å². The first-order chi connectivity index (χ1) is 10.4. The lowest BCUT2D eigenvalue weighted by Gasteiger charge is -2.20. The van der Waals surface area contributed by atoms with Gasteiger partial charge in [-0.25, -0.2) is 9.90 Å². The average molecular weight is 311 g/mol. The quantitative estimate of drug-likeness (QED) is 0.414. The molecule has 0 unspecified atom stereocenters. The molecule has 1 radical (unpaired) electrons. The third kappa shape index (κ3) is 4.72. The van der Waals surface area contributed by atoms with Crippen molar-refractivity contribution in [3.63, 3.8) is 0 Å². The second kappa shape index (κ2) is 7.96. The highest BCUT2D eigenvalue weighted by Crippen LogP contribution is 2.17. The Balaban J connectivity index is 2.98. The molecule has 0 saturated carbocycles. The number of benzene rings is 1. The van der Waals surface area contributed by atoms with E-state index in [1.807, 2.05) is 5.32 Å². The van der Waals surface area contributed by atoms with Crippen LogP contribution in [0, 0.1) is 0 Å². The Morgan fingerprint density at radius 3 is 2.14 bits per heavy atom. The van der Waals surface area contributed by atoms with Crippen LogP contribution in [-0.2, 0) is 19.5 Å². The van der Waals surface area contributed by atoms with Gasteiger partial charge in [0.1, 0.15) is 17.8 Å². The lowest BCUT2D eigenvalue weighted by Crippen LogP contribution is -2.49. The van der Waals surface area contributed by atoms with Crippen molar-refractivity contribution in [3.8, 4) is 5.75 Å². The molecular formula is C13H15N2O7. The summed E-state index contributed by atoms with van der Waals surface area (Å²) in [6.07, 6.45) is 0. The van der Waals surface area contributed by atoms with Crippen LogP contribution in [-0.4, -0.2) is 52.4 Å². The Kier molecular flexibility index (Phi) is 6.29. The molecule has 2 atom stereocenters. The topological polar surface area (TPSA) is 156 Å². The average Bonchev–Trinajstić information content (AvgIpc) is 2.50. The van der Waals surface area contributed by atoms with Gasteiger partial charge in [0.15, 0.2) is 6.61 Å². The number of aliphatic hydroxyl groups is 1. The number of hydrogen-bond donors (Lipinski definition) is 5. The van der Waals surface area contributed by atoms with E-state index < -0.39 is 43.1 Å². The fourth-order valence-corrected chi connectivity index (χ4v) is 1.61. The molecule has 0 fully saturated rings. The van der Waals surface area contributed by atoms with Gasteiger partial charge in [-0.1, -0.05) is 12.1 Å². The summed E-state index contributed by atoms with van der Waals surface area (Å²) in [6.45, 7) is -1.94. The minimum atomic E-state index is -1.55. The van der Waals surface area contributed by atoms with E-state index in [0.29, 0.717) is 0 Å². The summed E-state index contributed by atoms with van der Waals surface area (Å²) in [5.41, 5.74) is 0.235. The fraction of sp³-hybridized carbons (Fsp3) is 0.308. The van der Waals surface area contributed by atoms with Crippen LogP contribution in [0.4, 0.5) is 0 Å². The maximum absolute atomic E-state index is 12.1. The predicted molar refractivity (Wildman–Crippen MR) is 71.2 cm³/mol. The van der Waals surface area contributed by atoms with Gasteiger partial charge in [0.25, 0.3) is 0 Å². The van der Waals surface area contributed by atoms with Crippen LogP contribution in [0.5, 0.6) is 5.75 Å². The van der Waals surface area contributed by atoms with Crippen molar-refractivity contribution in [2.45, 2.75) is 12.1 Å². The summed E-state index contributed by atoms with van der Waals surface area (Å²) in [7, 11) is 0. The second-order valence-electron chi connectivity index (χ2n) is 4.32. The standard InChI is InChI=1S/C13H15N2O7/c16-5-9(13(21)22)14-12(20)11(15-10(19)6-17)7-1-3-8(18)4-2-7/h1-4,9,11,16,18H,5-6H2,(H,14,20)(H,15,19)(H,21,22)/t9-,11+/m0/s1. The van der Waals surface area contributed by atoms with E-state index in [1.54, 1.807) is 0 Å². The zero-order valence-electron chi connectivity index (χ0n) is 11.4. The minimum Gasteiger partial charge on any atom is -0.508 e. The van der Waals surface area contributed by atoms with Gasteiger partial charge in [0.2, 0.25) is 11.8 Å². The highest BCUT2D eigenvalue weighted by atomic mass is 16.4. The lowest BCUT2D eigenvalue weighted by molar-refractivity contribution is -0.143. The Morgan fingerprint density at radius 1 is 1.09 bits per heavy atom. The number of carboxylic acid groups (broad SMARTS) is 1. The second-order valence-corrected chi connectivity index (χ2v) is 4.32. The van der Waals surface area contributed by atoms with Crippen LogP contribution in [0.1, 0.15) is 11.6 Å². The number of carbonyl (C=O) groups is 3. The molecule has 9 nitrogen and oxygen atoms in total. The smallest absolute Gasteiger partial charge is 0.328 e. The molecule has 5 N–H and O–H groups in total. The van der Waals surface area contributed by atoms with Gasteiger partial charge < -0.3 is 26.0 Å². The molecule has 9 heteroatoms. The molecule has 2 amide bonds. The van der Waals surface area contributed by atoms with Crippen molar-refractivity contribution in [2.75, 3.05) is 13.2 Å². The number of phenols is 1. The van der Waals surface area contributed by atoms with E-state index in [4.69, 9.17) is 10.2 Å². The molecule has 0 aliphatic carbocycles. The normalized spacial score (nSPS) is 13.0. The van der Waals surface area contributed by atoms with Gasteiger partial charge >= 0.3 is 5.97 Å². The third-order valence-corrected chi connectivity index (χ3v) is 2.72. The molecule has 1 aromatic carbocycles. The highest BCUT2D eigenvalue weighted by Gasteiger charge is 2.27. The van der Waals surface area contributed by atoms with Crippen LogP contribution in [0.25, 0.3) is 0 Å². The molecule has 0 aliphatic heterocycles. The Hall–Kier alpha value is -2.65. The maximum Gasteiger partial charge on any atom is 0.328 e. The van der Waals surface area contributed by atoms with Crippen LogP contribution in [0.2, 0.25) is 0 Å². The van der Waals surface area contributed by atoms with Crippen LogP contribution < -0.4 is 10.6 Å². The molecule has 0 aromatic heterocycles. The molecule has 0 heterocycles. The Bertz CT molecular complexity index is 544. The first kappa shape index (κ1) is 17.4. The molecule has 1 aromatic rings. The lowest BCUT2D eigenvalue weighted by atomic mass is 10.1. The fourth-order valence-electron chi connectivity index (χ4n) is 1.61. The number of phenolic OH excluding ortho intramolecular Hbond substituents is 1. The van der Waals surface area contributed by atoms with E-state index in [-0.39, 0.29) is 11.3 Å². The summed E-state index contributed by atoms with van der Waals surface area (Å²) in [4.78, 5) is 34.1. The minimum absolute atomic E-state index is 0.0724. The third-order valence-electron chi connectivity index (χ3n) is 2.72. The SMILES string of the molecule is [O]CC(=O)N[C@@H](C(=O)N[C@@H](CO)C(=O)O)c1ccc(O)cc1. The van der Waals surface area contributed by atoms with Gasteiger partial charge in [0.05, 0.1) is 6.61 Å². The van der Waals surface area contributed by atoms with E-state index >= 15 is 0 Å². The Morgan fingerprint density at radius 2 is 1.68 bits per heavy atom. The highest BCUT2D eigenvalue weighted by molar-refractivity contribution is 5.91. The van der Waals surface area contributed by atoms with Crippen molar-refractivity contribution in [2.24, 2.45) is 0 Å². The molecule has 0 bridgehead atoms. The number of hydrogen-bond acceptors (Lipinski definition) is 5. The number of aliphatic hydroxyl groups excluding tert-OH is 1. The van der Waals surface area contributed by atoms with Gasteiger partial charge in [0, 0.05) is 0 Å². The monoisotopic (exact) mass is 311 g/mol. The van der Waals surface area contributed by atoms with Gasteiger partial charge in [-0.2, -0.15) is 0 Å². The van der Waals surface area contributed by atoms with E-state index in [2.05, 4.69) is 5.32 Å². The number of carboxylic acids is 1. The van der Waals surface area contributed by atoms with Crippen molar-refractivity contribution in [1.82, 2.24) is 10.6 Å². The van der Waals surface area contributed by atoms with Crippen molar-refractivity contribution in [3.05, 3.63) is 29.8 Å². The maximum atomic E-state index is 12.1. The van der Waals surface area contributed by atoms with Crippen molar-refractivity contribution < 1.29 is 34.8 Å². The first-order valence-electron chi connectivity index (χ1n) is 6.19. The van der Waals surface area contributed by atoms with Gasteiger partial charge in [-0.05, 0) is 17.7 Å². The zero-order valence-corrected chi connectivity index (χ0v) is 11.4. The van der Waals surface area contributed by atoms with Gasteiger partial charge in [-0.15, -0.1) is 0 Å². The Labute approximate surface area is 125 Å². The summed E-state index contributed by atoms with van der Waals surface area (Å²) < 4.78 is 0. The number of rotatable bonds is 7. The molecule has 1 rings (SSSR count). The van der Waals surface area contributed by atoms with Crippen LogP contribution in [0.3, 0.4) is 0 Å². The number of carbonyl (C=O) groups excluding carboxylic acids is 2. The molecule has 0 saturated heterocycles. The molecule has 22 heavy (non-hydrogen) atoms. The van der Waals surface area contributed by atoms with E-state index in [9.17, 15) is 24.6 Å². The summed E-state index contributed by atoms with van der Waals surface area (Å²) >= 11 is 0. The van der Waals surface area contributed by atoms with Crippen LogP contribution >= 0.6 is 0 Å².